The number of carboxylic acids is 1. The summed E-state index contributed by atoms with van der Waals surface area (Å²) in [5.41, 5.74) is 1.63. The predicted molar refractivity (Wildman–Crippen MR) is 121 cm³/mol. The first-order chi connectivity index (χ1) is 14.4. The highest BCUT2D eigenvalue weighted by molar-refractivity contribution is 5.81. The number of rotatable bonds is 6. The summed E-state index contributed by atoms with van der Waals surface area (Å²) < 4.78 is 0. The van der Waals surface area contributed by atoms with Crippen molar-refractivity contribution in [3.63, 3.8) is 0 Å². The number of carboxylic acid groups (broad SMARTS) is 1. The molecule has 0 spiro atoms. The monoisotopic (exact) mass is 404 g/mol. The molecule has 1 aromatic carbocycles. The van der Waals surface area contributed by atoms with Gasteiger partial charge in [-0.3, -0.25) is 0 Å². The normalized spacial score (nSPS) is 25.6. The van der Waals surface area contributed by atoms with E-state index in [1.54, 1.807) is 0 Å². The molecular weight excluding hydrogens is 372 g/mol. The molecule has 0 bridgehead atoms. The second kappa shape index (κ2) is 9.96. The van der Waals surface area contributed by atoms with Crippen molar-refractivity contribution in [3.05, 3.63) is 71.8 Å². The predicted octanol–water partition coefficient (Wildman–Crippen LogP) is 5.66. The molecule has 1 aromatic rings. The van der Waals surface area contributed by atoms with E-state index in [9.17, 15) is 9.90 Å². The summed E-state index contributed by atoms with van der Waals surface area (Å²) >= 11 is 0. The summed E-state index contributed by atoms with van der Waals surface area (Å²) in [4.78, 5) is 11.1. The van der Waals surface area contributed by atoms with Crippen LogP contribution < -0.4 is 0 Å². The van der Waals surface area contributed by atoms with Crippen molar-refractivity contribution in [2.45, 2.75) is 64.4 Å². The third kappa shape index (κ3) is 5.52. The smallest absolute Gasteiger partial charge is 0.328 e. The van der Waals surface area contributed by atoms with Crippen LogP contribution in [-0.2, 0) is 4.79 Å². The van der Waals surface area contributed by atoms with E-state index in [0.717, 1.165) is 56.1 Å². The summed E-state index contributed by atoms with van der Waals surface area (Å²) in [5.74, 6) is 5.60. The Bertz CT molecular complexity index is 878. The fraction of sp³-hybridized carbons (Fsp3) is 0.444. The molecule has 158 valence electrons. The average Bonchev–Trinajstić information content (AvgIpc) is 2.69. The lowest BCUT2D eigenvalue weighted by Gasteiger charge is -2.43. The Morgan fingerprint density at radius 3 is 2.57 bits per heavy atom. The summed E-state index contributed by atoms with van der Waals surface area (Å²) in [7, 11) is 0. The highest BCUT2D eigenvalue weighted by Crippen LogP contribution is 2.47. The molecule has 0 saturated heterocycles. The lowest BCUT2D eigenvalue weighted by Crippen LogP contribution is -2.40. The minimum atomic E-state index is -0.874. The largest absolute Gasteiger partial charge is 0.478 e. The van der Waals surface area contributed by atoms with Crippen LogP contribution in [0.3, 0.4) is 0 Å². The molecule has 30 heavy (non-hydrogen) atoms. The quantitative estimate of drug-likeness (QED) is 0.365. The first kappa shape index (κ1) is 22.1. The van der Waals surface area contributed by atoms with Crippen LogP contribution in [0.1, 0.15) is 63.9 Å². The standard InChI is InChI=1S/C27H32O3/c1-26(16-7-5-14-23(26)21-25(29)30)17-8-6-15-24(28)27(19-10-20-27)18-9-13-22-11-3-2-4-12-22/h2-4,6,8,11-12,15,17,21,24,28H,5,7,10,14,16,18-20H2,1H3,(H,29,30)/b15-6+,17-8+,23-21+. The van der Waals surface area contributed by atoms with Gasteiger partial charge in [0.2, 0.25) is 0 Å². The first-order valence-corrected chi connectivity index (χ1v) is 11.0. The van der Waals surface area contributed by atoms with E-state index >= 15 is 0 Å². The van der Waals surface area contributed by atoms with Crippen molar-refractivity contribution in [1.82, 2.24) is 0 Å². The second-order valence-electron chi connectivity index (χ2n) is 8.88. The Kier molecular flexibility index (Phi) is 7.34. The van der Waals surface area contributed by atoms with E-state index in [0.29, 0.717) is 6.42 Å². The van der Waals surface area contributed by atoms with Gasteiger partial charge < -0.3 is 10.2 Å². The maximum atomic E-state index is 11.1. The van der Waals surface area contributed by atoms with Gasteiger partial charge in [0, 0.05) is 28.9 Å². The summed E-state index contributed by atoms with van der Waals surface area (Å²) in [6, 6.07) is 9.95. The number of hydrogen-bond donors (Lipinski definition) is 2. The summed E-state index contributed by atoms with van der Waals surface area (Å²) in [6.45, 7) is 2.11. The molecule has 3 nitrogen and oxygen atoms in total. The molecule has 2 aliphatic carbocycles. The van der Waals surface area contributed by atoms with Gasteiger partial charge in [-0.15, -0.1) is 0 Å². The lowest BCUT2D eigenvalue weighted by atomic mass is 9.63. The summed E-state index contributed by atoms with van der Waals surface area (Å²) in [5, 5.41) is 20.0. The number of carbonyl (C=O) groups is 1. The van der Waals surface area contributed by atoms with Crippen molar-refractivity contribution in [1.29, 1.82) is 0 Å². The van der Waals surface area contributed by atoms with E-state index in [4.69, 9.17) is 5.11 Å². The summed E-state index contributed by atoms with van der Waals surface area (Å²) in [6.07, 6.45) is 16.4. The van der Waals surface area contributed by atoms with Crippen LogP contribution in [0.15, 0.2) is 66.3 Å². The van der Waals surface area contributed by atoms with Gasteiger partial charge in [-0.05, 0) is 44.2 Å². The molecule has 2 saturated carbocycles. The zero-order valence-electron chi connectivity index (χ0n) is 17.8. The van der Waals surface area contributed by atoms with E-state index in [2.05, 4.69) is 24.8 Å². The number of benzene rings is 1. The van der Waals surface area contributed by atoms with E-state index in [1.807, 2.05) is 48.6 Å². The van der Waals surface area contributed by atoms with Gasteiger partial charge in [0.05, 0.1) is 6.10 Å². The maximum absolute atomic E-state index is 11.1. The third-order valence-corrected chi connectivity index (χ3v) is 6.72. The number of aliphatic hydroxyl groups is 1. The SMILES string of the molecule is CC1(/C=C/C=C/C(O)C2(CC#Cc3ccccc3)CCC2)CCCC/C1=C\C(=O)O. The third-order valence-electron chi connectivity index (χ3n) is 6.72. The molecule has 3 heteroatoms. The van der Waals surface area contributed by atoms with Crippen LogP contribution >= 0.6 is 0 Å². The molecule has 2 unspecified atom stereocenters. The molecule has 0 radical (unpaired) electrons. The number of aliphatic carboxylic acids is 1. The molecular formula is C27H32O3. The van der Waals surface area contributed by atoms with Gasteiger partial charge in [0.25, 0.3) is 0 Å². The zero-order chi connectivity index (χ0) is 21.5. The molecule has 3 rings (SSSR count). The van der Waals surface area contributed by atoms with Gasteiger partial charge in [-0.25, -0.2) is 4.79 Å². The first-order valence-electron chi connectivity index (χ1n) is 11.0. The lowest BCUT2D eigenvalue weighted by molar-refractivity contribution is -0.131. The highest BCUT2D eigenvalue weighted by Gasteiger charge is 2.41. The van der Waals surface area contributed by atoms with Crippen LogP contribution in [0.5, 0.6) is 0 Å². The molecule has 0 heterocycles. The van der Waals surface area contributed by atoms with Crippen molar-refractivity contribution in [2.75, 3.05) is 0 Å². The van der Waals surface area contributed by atoms with Crippen LogP contribution in [-0.4, -0.2) is 22.3 Å². The van der Waals surface area contributed by atoms with Gasteiger partial charge >= 0.3 is 5.97 Å². The molecule has 0 amide bonds. The topological polar surface area (TPSA) is 57.5 Å². The fourth-order valence-corrected chi connectivity index (χ4v) is 4.52. The highest BCUT2D eigenvalue weighted by atomic mass is 16.4. The molecule has 2 N–H and O–H groups in total. The van der Waals surface area contributed by atoms with Crippen LogP contribution in [0.2, 0.25) is 0 Å². The van der Waals surface area contributed by atoms with Crippen molar-refractivity contribution < 1.29 is 15.0 Å². The zero-order valence-corrected chi connectivity index (χ0v) is 17.8. The van der Waals surface area contributed by atoms with Crippen LogP contribution in [0.4, 0.5) is 0 Å². The molecule has 2 atom stereocenters. The Hall–Kier alpha value is -2.57. The van der Waals surface area contributed by atoms with Gasteiger partial charge in [0.1, 0.15) is 0 Å². The van der Waals surface area contributed by atoms with E-state index in [1.165, 1.54) is 6.08 Å². The average molecular weight is 405 g/mol. The Labute approximate surface area is 180 Å². The minimum Gasteiger partial charge on any atom is -0.478 e. The van der Waals surface area contributed by atoms with Gasteiger partial charge in [-0.2, -0.15) is 0 Å². The number of allylic oxidation sites excluding steroid dienone is 4. The van der Waals surface area contributed by atoms with E-state index in [-0.39, 0.29) is 10.8 Å². The van der Waals surface area contributed by atoms with Crippen LogP contribution in [0, 0.1) is 22.7 Å². The van der Waals surface area contributed by atoms with Crippen molar-refractivity contribution in [3.8, 4) is 11.8 Å². The minimum absolute atomic E-state index is 0.144. The Morgan fingerprint density at radius 1 is 1.13 bits per heavy atom. The molecule has 0 aromatic heterocycles. The number of hydrogen-bond acceptors (Lipinski definition) is 2. The molecule has 2 aliphatic rings. The molecule has 2 fully saturated rings. The fourth-order valence-electron chi connectivity index (χ4n) is 4.52. The maximum Gasteiger partial charge on any atom is 0.328 e. The molecule has 0 aliphatic heterocycles. The second-order valence-corrected chi connectivity index (χ2v) is 8.88. The van der Waals surface area contributed by atoms with Gasteiger partial charge in [-0.1, -0.05) is 79.7 Å². The van der Waals surface area contributed by atoms with Crippen molar-refractivity contribution >= 4 is 5.97 Å². The van der Waals surface area contributed by atoms with Crippen LogP contribution in [0.25, 0.3) is 0 Å². The van der Waals surface area contributed by atoms with Gasteiger partial charge in [0.15, 0.2) is 0 Å². The number of aliphatic hydroxyl groups excluding tert-OH is 1. The Balaban J connectivity index is 1.63. The Morgan fingerprint density at radius 2 is 1.90 bits per heavy atom. The van der Waals surface area contributed by atoms with E-state index < -0.39 is 12.1 Å². The van der Waals surface area contributed by atoms with Crippen molar-refractivity contribution in [2.24, 2.45) is 10.8 Å².